The Morgan fingerprint density at radius 3 is 2.85 bits per heavy atom. The number of ether oxygens (including phenoxy) is 2. The summed E-state index contributed by atoms with van der Waals surface area (Å²) in [7, 11) is 1.74. The quantitative estimate of drug-likeness (QED) is 0.831. The third-order valence-electron chi connectivity index (χ3n) is 4.24. The molecule has 1 aliphatic rings. The molecular weight excluding hydrogens is 250 g/mol. The van der Waals surface area contributed by atoms with E-state index in [9.17, 15) is 0 Å². The zero-order valence-corrected chi connectivity index (χ0v) is 12.9. The van der Waals surface area contributed by atoms with Gasteiger partial charge in [-0.1, -0.05) is 25.1 Å². The molecule has 2 rings (SSSR count). The fraction of sp³-hybridized carbons (Fsp3) is 0.647. The zero-order chi connectivity index (χ0) is 14.4. The number of hydrogen-bond acceptors (Lipinski definition) is 3. The van der Waals surface area contributed by atoms with Crippen molar-refractivity contribution in [1.82, 2.24) is 5.32 Å². The lowest BCUT2D eigenvalue weighted by Gasteiger charge is -2.27. The number of hydrogen-bond donors (Lipinski definition) is 1. The molecule has 112 valence electrons. The standard InChI is InChI=1S/C17H27NO2/c1-4-10-18-16(15-9-11-20-13(15)2)12-14-7-5-6-8-17(14)19-3/h5-8,13,15-16,18H,4,9-12H2,1-3H3. The normalized spacial score (nSPS) is 23.8. The van der Waals surface area contributed by atoms with Gasteiger partial charge in [0.2, 0.25) is 0 Å². The molecule has 1 fully saturated rings. The Labute approximate surface area is 122 Å². The Bertz CT molecular complexity index is 408. The van der Waals surface area contributed by atoms with Crippen molar-refractivity contribution in [2.45, 2.75) is 45.3 Å². The highest BCUT2D eigenvalue weighted by Crippen LogP contribution is 2.28. The number of methoxy groups -OCH3 is 1. The van der Waals surface area contributed by atoms with Crippen LogP contribution in [-0.4, -0.2) is 32.4 Å². The van der Waals surface area contributed by atoms with Gasteiger partial charge in [-0.05, 0) is 44.4 Å². The minimum Gasteiger partial charge on any atom is -0.496 e. The van der Waals surface area contributed by atoms with Gasteiger partial charge in [0.15, 0.2) is 0 Å². The molecule has 1 aromatic rings. The van der Waals surface area contributed by atoms with Gasteiger partial charge in [-0.15, -0.1) is 0 Å². The van der Waals surface area contributed by atoms with Gasteiger partial charge >= 0.3 is 0 Å². The number of rotatable bonds is 7. The Balaban J connectivity index is 2.10. The topological polar surface area (TPSA) is 30.5 Å². The summed E-state index contributed by atoms with van der Waals surface area (Å²) in [5.74, 6) is 1.58. The Kier molecular flexibility index (Phi) is 5.86. The third kappa shape index (κ3) is 3.74. The summed E-state index contributed by atoms with van der Waals surface area (Å²) in [5.41, 5.74) is 1.28. The first-order valence-corrected chi connectivity index (χ1v) is 7.73. The van der Waals surface area contributed by atoms with Gasteiger partial charge in [0.25, 0.3) is 0 Å². The maximum atomic E-state index is 5.75. The van der Waals surface area contributed by atoms with Crippen molar-refractivity contribution in [2.24, 2.45) is 5.92 Å². The van der Waals surface area contributed by atoms with Gasteiger partial charge in [-0.25, -0.2) is 0 Å². The van der Waals surface area contributed by atoms with Crippen LogP contribution in [0.1, 0.15) is 32.3 Å². The maximum absolute atomic E-state index is 5.75. The molecule has 1 N–H and O–H groups in total. The summed E-state index contributed by atoms with van der Waals surface area (Å²) in [5, 5.41) is 3.71. The molecule has 3 atom stereocenters. The predicted molar refractivity (Wildman–Crippen MR) is 82.3 cm³/mol. The van der Waals surface area contributed by atoms with E-state index in [1.807, 2.05) is 12.1 Å². The summed E-state index contributed by atoms with van der Waals surface area (Å²) in [6.07, 6.45) is 3.66. The van der Waals surface area contributed by atoms with Gasteiger partial charge in [0, 0.05) is 18.6 Å². The van der Waals surface area contributed by atoms with E-state index in [1.54, 1.807) is 7.11 Å². The molecule has 3 nitrogen and oxygen atoms in total. The molecule has 1 saturated heterocycles. The molecule has 3 unspecified atom stereocenters. The van der Waals surface area contributed by atoms with E-state index < -0.39 is 0 Å². The monoisotopic (exact) mass is 277 g/mol. The highest BCUT2D eigenvalue weighted by Gasteiger charge is 2.31. The second-order valence-corrected chi connectivity index (χ2v) is 5.61. The Morgan fingerprint density at radius 2 is 2.20 bits per heavy atom. The van der Waals surface area contributed by atoms with Gasteiger partial charge in [-0.2, -0.15) is 0 Å². The summed E-state index contributed by atoms with van der Waals surface area (Å²) in [4.78, 5) is 0. The van der Waals surface area contributed by atoms with Crippen LogP contribution < -0.4 is 10.1 Å². The van der Waals surface area contributed by atoms with Crippen molar-refractivity contribution < 1.29 is 9.47 Å². The first-order chi connectivity index (χ1) is 9.76. The molecule has 0 radical (unpaired) electrons. The second-order valence-electron chi connectivity index (χ2n) is 5.61. The average molecular weight is 277 g/mol. The molecule has 3 heteroatoms. The molecule has 1 heterocycles. The van der Waals surface area contributed by atoms with Gasteiger partial charge in [0.05, 0.1) is 13.2 Å². The molecule has 0 amide bonds. The SMILES string of the molecule is CCCNC(Cc1ccccc1OC)C1CCOC1C. The Hall–Kier alpha value is -1.06. The van der Waals surface area contributed by atoms with Gasteiger partial charge < -0.3 is 14.8 Å². The molecule has 0 bridgehead atoms. The third-order valence-corrected chi connectivity index (χ3v) is 4.24. The van der Waals surface area contributed by atoms with Crippen LogP contribution in [0.15, 0.2) is 24.3 Å². The van der Waals surface area contributed by atoms with Crippen molar-refractivity contribution >= 4 is 0 Å². The van der Waals surface area contributed by atoms with Crippen molar-refractivity contribution in [3.8, 4) is 5.75 Å². The van der Waals surface area contributed by atoms with E-state index in [2.05, 4.69) is 31.3 Å². The molecule has 0 saturated carbocycles. The van der Waals surface area contributed by atoms with Crippen molar-refractivity contribution in [1.29, 1.82) is 0 Å². The summed E-state index contributed by atoms with van der Waals surface area (Å²) in [6.45, 7) is 6.35. The molecule has 0 spiro atoms. The predicted octanol–water partition coefficient (Wildman–Crippen LogP) is 3.03. The van der Waals surface area contributed by atoms with Crippen molar-refractivity contribution in [3.05, 3.63) is 29.8 Å². The van der Waals surface area contributed by atoms with Crippen LogP contribution in [0.4, 0.5) is 0 Å². The van der Waals surface area contributed by atoms with Crippen LogP contribution in [0.5, 0.6) is 5.75 Å². The minimum absolute atomic E-state index is 0.346. The molecule has 20 heavy (non-hydrogen) atoms. The fourth-order valence-corrected chi connectivity index (χ4v) is 3.09. The zero-order valence-electron chi connectivity index (χ0n) is 12.9. The van der Waals surface area contributed by atoms with Gasteiger partial charge in [-0.3, -0.25) is 0 Å². The van der Waals surface area contributed by atoms with Crippen molar-refractivity contribution in [3.63, 3.8) is 0 Å². The van der Waals surface area contributed by atoms with E-state index in [0.29, 0.717) is 18.1 Å². The van der Waals surface area contributed by atoms with Crippen LogP contribution in [0, 0.1) is 5.92 Å². The second kappa shape index (κ2) is 7.65. The van der Waals surface area contributed by atoms with E-state index in [0.717, 1.165) is 38.2 Å². The highest BCUT2D eigenvalue weighted by atomic mass is 16.5. The maximum Gasteiger partial charge on any atom is 0.122 e. The average Bonchev–Trinajstić information content (AvgIpc) is 2.90. The largest absolute Gasteiger partial charge is 0.496 e. The smallest absolute Gasteiger partial charge is 0.122 e. The number of para-hydroxylation sites is 1. The lowest BCUT2D eigenvalue weighted by molar-refractivity contribution is 0.0953. The summed E-state index contributed by atoms with van der Waals surface area (Å²) < 4.78 is 11.2. The molecule has 1 aromatic carbocycles. The minimum atomic E-state index is 0.346. The van der Waals surface area contributed by atoms with Crippen LogP contribution in [0.3, 0.4) is 0 Å². The number of benzene rings is 1. The summed E-state index contributed by atoms with van der Waals surface area (Å²) in [6, 6.07) is 8.78. The van der Waals surface area contributed by atoms with Crippen LogP contribution in [0.2, 0.25) is 0 Å². The Morgan fingerprint density at radius 1 is 1.40 bits per heavy atom. The van der Waals surface area contributed by atoms with Crippen LogP contribution in [-0.2, 0) is 11.2 Å². The first-order valence-electron chi connectivity index (χ1n) is 7.73. The molecule has 0 aromatic heterocycles. The van der Waals surface area contributed by atoms with E-state index >= 15 is 0 Å². The molecule has 0 aliphatic carbocycles. The lowest BCUT2D eigenvalue weighted by atomic mass is 9.88. The molecule has 1 aliphatic heterocycles. The van der Waals surface area contributed by atoms with E-state index in [1.165, 1.54) is 5.56 Å². The van der Waals surface area contributed by atoms with Crippen LogP contribution >= 0.6 is 0 Å². The summed E-state index contributed by atoms with van der Waals surface area (Å²) >= 11 is 0. The molecular formula is C17H27NO2. The van der Waals surface area contributed by atoms with E-state index in [4.69, 9.17) is 9.47 Å². The van der Waals surface area contributed by atoms with Crippen molar-refractivity contribution in [2.75, 3.05) is 20.3 Å². The first kappa shape index (κ1) is 15.3. The fourth-order valence-electron chi connectivity index (χ4n) is 3.09. The highest BCUT2D eigenvalue weighted by molar-refractivity contribution is 5.34. The van der Waals surface area contributed by atoms with Gasteiger partial charge in [0.1, 0.15) is 5.75 Å². The lowest BCUT2D eigenvalue weighted by Crippen LogP contribution is -2.41. The van der Waals surface area contributed by atoms with Crippen LogP contribution in [0.25, 0.3) is 0 Å². The van der Waals surface area contributed by atoms with E-state index in [-0.39, 0.29) is 0 Å². The number of nitrogens with one attached hydrogen (secondary N) is 1.